The Balaban J connectivity index is 1.84. The van der Waals surface area contributed by atoms with Gasteiger partial charge in [-0.1, -0.05) is 0 Å². The maximum Gasteiger partial charge on any atom is 0.0745 e. The normalized spacial score (nSPS) is 93.5. The average molecular weight is 174 g/mol. The number of aliphatic hydroxyl groups is 1. The predicted octanol–water partition coefficient (Wildman–Crippen LogP) is 1.13. The highest BCUT2D eigenvalue weighted by Crippen LogP contribution is 2.92. The van der Waals surface area contributed by atoms with Gasteiger partial charge in [-0.25, -0.2) is 0 Å². The number of rotatable bonds is 0. The molecule has 7 rings (SSSR count). The van der Waals surface area contributed by atoms with E-state index < -0.39 is 0 Å². The van der Waals surface area contributed by atoms with Gasteiger partial charge in [0.15, 0.2) is 0 Å². The highest BCUT2D eigenvalue weighted by atomic mass is 16.3. The van der Waals surface area contributed by atoms with Crippen LogP contribution in [0.2, 0.25) is 0 Å². The molecule has 0 aromatic rings. The fourth-order valence-electron chi connectivity index (χ4n) is 7.89. The maximum atomic E-state index is 10.7. The number of hydrogen-bond donors (Lipinski definition) is 1. The van der Waals surface area contributed by atoms with Crippen molar-refractivity contribution >= 4 is 0 Å². The van der Waals surface area contributed by atoms with Crippen molar-refractivity contribution in [2.24, 2.45) is 53.3 Å². The second kappa shape index (κ2) is 1.18. The smallest absolute Gasteiger partial charge is 0.0745 e. The van der Waals surface area contributed by atoms with E-state index in [2.05, 4.69) is 0 Å². The summed E-state index contributed by atoms with van der Waals surface area (Å²) in [7, 11) is 0. The van der Waals surface area contributed by atoms with Crippen molar-refractivity contribution in [1.82, 2.24) is 0 Å². The lowest BCUT2D eigenvalue weighted by molar-refractivity contribution is -0.175. The third kappa shape index (κ3) is 0.273. The molecule has 1 heteroatoms. The van der Waals surface area contributed by atoms with Crippen LogP contribution in [0.1, 0.15) is 12.8 Å². The largest absolute Gasteiger partial charge is 0.389 e. The number of hydrogen-bond acceptors (Lipinski definition) is 1. The van der Waals surface area contributed by atoms with Gasteiger partial charge in [-0.3, -0.25) is 0 Å². The van der Waals surface area contributed by atoms with Crippen LogP contribution in [-0.4, -0.2) is 10.7 Å². The summed E-state index contributed by atoms with van der Waals surface area (Å²) in [6, 6.07) is 0. The van der Waals surface area contributed by atoms with E-state index in [1.165, 1.54) is 12.8 Å². The molecule has 0 amide bonds. The summed E-state index contributed by atoms with van der Waals surface area (Å²) in [5, 5.41) is 10.7. The van der Waals surface area contributed by atoms with Crippen LogP contribution in [0.25, 0.3) is 0 Å². The lowest BCUT2D eigenvalue weighted by atomic mass is 9.56. The van der Waals surface area contributed by atoms with Crippen LogP contribution >= 0.6 is 0 Å². The molecule has 7 fully saturated rings. The van der Waals surface area contributed by atoms with Crippen LogP contribution in [-0.2, 0) is 0 Å². The molecule has 1 N–H and O–H groups in total. The zero-order valence-electron chi connectivity index (χ0n) is 7.56. The fourth-order valence-corrected chi connectivity index (χ4v) is 7.89. The molecule has 0 aliphatic heterocycles. The Bertz CT molecular complexity index is 339. The molecular weight excluding hydrogens is 160 g/mol. The van der Waals surface area contributed by atoms with E-state index in [1.807, 2.05) is 0 Å². The Morgan fingerprint density at radius 3 is 2.46 bits per heavy atom. The van der Waals surface area contributed by atoms with Crippen LogP contribution in [0, 0.1) is 53.3 Å². The molecule has 4 bridgehead atoms. The highest BCUT2D eigenvalue weighted by Gasteiger charge is 2.92. The fraction of sp³-hybridized carbons (Fsp3) is 1.00. The quantitative estimate of drug-likeness (QED) is 0.583. The molecule has 7 saturated carbocycles. The van der Waals surface area contributed by atoms with Crippen LogP contribution in [0.15, 0.2) is 0 Å². The minimum absolute atomic E-state index is 0.0909. The Kier molecular flexibility index (Phi) is 0.520. The Labute approximate surface area is 77.5 Å². The van der Waals surface area contributed by atoms with Gasteiger partial charge < -0.3 is 5.11 Å². The summed E-state index contributed by atoms with van der Waals surface area (Å²) in [5.41, 5.74) is -0.0909. The lowest BCUT2D eigenvalue weighted by Gasteiger charge is -2.52. The van der Waals surface area contributed by atoms with Gasteiger partial charge in [-0.15, -0.1) is 0 Å². The molecule has 0 aromatic heterocycles. The van der Waals surface area contributed by atoms with Crippen molar-refractivity contribution < 1.29 is 5.11 Å². The maximum absolute atomic E-state index is 10.7. The van der Waals surface area contributed by atoms with Gasteiger partial charge in [0, 0.05) is 0 Å². The first-order valence-electron chi connectivity index (χ1n) is 6.06. The third-order valence-electron chi connectivity index (χ3n) is 7.37. The lowest BCUT2D eigenvalue weighted by Crippen LogP contribution is -2.59. The third-order valence-corrected chi connectivity index (χ3v) is 7.37. The SMILES string of the molecule is O[C@@]12C3C4C1[C@@H]1C[C@H]4[C@H]4[C@@H]1[C@@H]2C[C@@H]34. The monoisotopic (exact) mass is 174 g/mol. The van der Waals surface area contributed by atoms with Crippen LogP contribution in [0.4, 0.5) is 0 Å². The zero-order valence-corrected chi connectivity index (χ0v) is 7.56. The van der Waals surface area contributed by atoms with Crippen molar-refractivity contribution in [3.8, 4) is 0 Å². The molecular formula is C12H14O. The van der Waals surface area contributed by atoms with Gasteiger partial charge >= 0.3 is 0 Å². The van der Waals surface area contributed by atoms with Crippen molar-refractivity contribution in [2.45, 2.75) is 18.4 Å². The predicted molar refractivity (Wildman–Crippen MR) is 45.6 cm³/mol. The minimum Gasteiger partial charge on any atom is -0.389 e. The van der Waals surface area contributed by atoms with Crippen LogP contribution in [0.3, 0.4) is 0 Å². The molecule has 3 unspecified atom stereocenters. The van der Waals surface area contributed by atoms with Crippen LogP contribution < -0.4 is 0 Å². The molecule has 10 atom stereocenters. The summed E-state index contributed by atoms with van der Waals surface area (Å²) in [4.78, 5) is 0. The Morgan fingerprint density at radius 2 is 1.62 bits per heavy atom. The van der Waals surface area contributed by atoms with Crippen molar-refractivity contribution in [3.63, 3.8) is 0 Å². The van der Waals surface area contributed by atoms with E-state index in [4.69, 9.17) is 0 Å². The van der Waals surface area contributed by atoms with E-state index in [0.29, 0.717) is 0 Å². The topological polar surface area (TPSA) is 20.2 Å². The van der Waals surface area contributed by atoms with Gasteiger partial charge in [-0.2, -0.15) is 0 Å². The molecule has 7 aliphatic carbocycles. The standard InChI is InChI=1S/C12H14O/c13-12-6-2-5-7-3-1-4(8(6)7)10(12)9(3)11(5)12/h3-11,13H,1-2H2/t3-,4+,5+,6-,7+,8-,9?,10?,11?,12+/m0/s1. The van der Waals surface area contributed by atoms with E-state index in [0.717, 1.165) is 53.3 Å². The summed E-state index contributed by atoms with van der Waals surface area (Å²) in [6.45, 7) is 0. The summed E-state index contributed by atoms with van der Waals surface area (Å²) < 4.78 is 0. The molecule has 68 valence electrons. The Morgan fingerprint density at radius 1 is 0.846 bits per heavy atom. The molecule has 0 aromatic carbocycles. The first kappa shape index (κ1) is 5.75. The van der Waals surface area contributed by atoms with Gasteiger partial charge in [0.25, 0.3) is 0 Å². The van der Waals surface area contributed by atoms with E-state index in [1.54, 1.807) is 0 Å². The van der Waals surface area contributed by atoms with Gasteiger partial charge in [0.05, 0.1) is 5.60 Å². The molecule has 13 heavy (non-hydrogen) atoms. The second-order valence-corrected chi connectivity index (χ2v) is 6.74. The summed E-state index contributed by atoms with van der Waals surface area (Å²) in [5.74, 6) is 8.65. The highest BCUT2D eigenvalue weighted by molar-refractivity contribution is 5.40. The second-order valence-electron chi connectivity index (χ2n) is 6.74. The van der Waals surface area contributed by atoms with Crippen LogP contribution in [0.5, 0.6) is 0 Å². The summed E-state index contributed by atoms with van der Waals surface area (Å²) in [6.07, 6.45) is 2.95. The molecule has 0 radical (unpaired) electrons. The van der Waals surface area contributed by atoms with E-state index in [9.17, 15) is 5.11 Å². The molecule has 0 spiro atoms. The minimum atomic E-state index is -0.0909. The van der Waals surface area contributed by atoms with Crippen molar-refractivity contribution in [2.75, 3.05) is 0 Å². The molecule has 1 nitrogen and oxygen atoms in total. The van der Waals surface area contributed by atoms with Crippen molar-refractivity contribution in [3.05, 3.63) is 0 Å². The first-order valence-corrected chi connectivity index (χ1v) is 6.06. The van der Waals surface area contributed by atoms with Gasteiger partial charge in [0.1, 0.15) is 0 Å². The summed E-state index contributed by atoms with van der Waals surface area (Å²) >= 11 is 0. The molecule has 7 aliphatic rings. The van der Waals surface area contributed by atoms with E-state index >= 15 is 0 Å². The molecule has 0 heterocycles. The zero-order chi connectivity index (χ0) is 8.11. The van der Waals surface area contributed by atoms with E-state index in [-0.39, 0.29) is 5.60 Å². The average Bonchev–Trinajstić information content (AvgIpc) is 2.67. The van der Waals surface area contributed by atoms with Gasteiger partial charge in [0.2, 0.25) is 0 Å². The van der Waals surface area contributed by atoms with Crippen molar-refractivity contribution in [1.29, 1.82) is 0 Å². The first-order chi connectivity index (χ1) is 6.33. The van der Waals surface area contributed by atoms with Gasteiger partial charge in [-0.05, 0) is 66.1 Å². The Hall–Kier alpha value is -0.0400. The molecule has 0 saturated heterocycles.